The van der Waals surface area contributed by atoms with Gasteiger partial charge >= 0.3 is 0 Å². The number of piperazine rings is 1. The second-order valence-corrected chi connectivity index (χ2v) is 8.28. The summed E-state index contributed by atoms with van der Waals surface area (Å²) in [4.78, 5) is 28.2. The van der Waals surface area contributed by atoms with Gasteiger partial charge in [0.1, 0.15) is 10.6 Å². The van der Waals surface area contributed by atoms with Crippen molar-refractivity contribution in [3.8, 4) is 0 Å². The standard InChI is InChI=1S/C17H22N4OS2/c1-11(22)20-7-9-21(10-8-20)15-14-12-5-3-4-6-13(12)24-16(14)19-17(18-15)23-2/h3-10H2,1-2H3. The monoisotopic (exact) mass is 362 g/mol. The first kappa shape index (κ1) is 16.1. The fourth-order valence-electron chi connectivity index (χ4n) is 3.67. The van der Waals surface area contributed by atoms with Crippen LogP contribution in [0.15, 0.2) is 5.16 Å². The van der Waals surface area contributed by atoms with Gasteiger partial charge in [-0.3, -0.25) is 4.79 Å². The molecule has 0 aromatic carbocycles. The van der Waals surface area contributed by atoms with Gasteiger partial charge in [-0.15, -0.1) is 11.3 Å². The molecule has 1 amide bonds. The molecular formula is C17H22N4OS2. The first-order valence-corrected chi connectivity index (χ1v) is 10.6. The number of thioether (sulfide) groups is 1. The molecule has 0 N–H and O–H groups in total. The molecule has 1 aliphatic heterocycles. The number of hydrogen-bond acceptors (Lipinski definition) is 6. The molecule has 5 nitrogen and oxygen atoms in total. The predicted octanol–water partition coefficient (Wildman–Crippen LogP) is 2.96. The Kier molecular flexibility index (Phi) is 4.39. The SMILES string of the molecule is CSc1nc(N2CCN(C(C)=O)CC2)c2c3c(sc2n1)CCCC3. The summed E-state index contributed by atoms with van der Waals surface area (Å²) >= 11 is 3.46. The second kappa shape index (κ2) is 6.52. The normalized spacial score (nSPS) is 18.1. The van der Waals surface area contributed by atoms with Gasteiger partial charge < -0.3 is 9.80 Å². The highest BCUT2D eigenvalue weighted by atomic mass is 32.2. The van der Waals surface area contributed by atoms with Crippen LogP contribution in [0.2, 0.25) is 0 Å². The van der Waals surface area contributed by atoms with Crippen molar-refractivity contribution in [3.05, 3.63) is 10.4 Å². The minimum atomic E-state index is 0.167. The largest absolute Gasteiger partial charge is 0.352 e. The molecule has 2 aromatic heterocycles. The van der Waals surface area contributed by atoms with Crippen LogP contribution in [0.25, 0.3) is 10.2 Å². The summed E-state index contributed by atoms with van der Waals surface area (Å²) in [5.41, 5.74) is 1.48. The van der Waals surface area contributed by atoms with Gasteiger partial charge in [0, 0.05) is 38.0 Å². The van der Waals surface area contributed by atoms with Crippen molar-refractivity contribution in [3.63, 3.8) is 0 Å². The number of amides is 1. The quantitative estimate of drug-likeness (QED) is 0.607. The fraction of sp³-hybridized carbons (Fsp3) is 0.588. The van der Waals surface area contributed by atoms with E-state index in [0.717, 1.165) is 48.4 Å². The van der Waals surface area contributed by atoms with Crippen molar-refractivity contribution in [2.24, 2.45) is 0 Å². The molecule has 128 valence electrons. The third-order valence-electron chi connectivity index (χ3n) is 4.98. The van der Waals surface area contributed by atoms with Gasteiger partial charge in [0.05, 0.1) is 5.39 Å². The molecule has 1 aliphatic carbocycles. The third kappa shape index (κ3) is 2.77. The molecule has 4 rings (SSSR count). The number of thiophene rings is 1. The molecule has 3 heterocycles. The van der Waals surface area contributed by atoms with E-state index in [-0.39, 0.29) is 5.91 Å². The number of carbonyl (C=O) groups is 1. The molecule has 2 aliphatic rings. The number of aromatic nitrogens is 2. The highest BCUT2D eigenvalue weighted by molar-refractivity contribution is 7.98. The molecular weight excluding hydrogens is 340 g/mol. The van der Waals surface area contributed by atoms with Crippen molar-refractivity contribution >= 4 is 45.0 Å². The van der Waals surface area contributed by atoms with Crippen molar-refractivity contribution in [2.75, 3.05) is 37.3 Å². The Morgan fingerprint density at radius 2 is 1.88 bits per heavy atom. The maximum Gasteiger partial charge on any atom is 0.219 e. The van der Waals surface area contributed by atoms with Crippen molar-refractivity contribution in [1.29, 1.82) is 0 Å². The van der Waals surface area contributed by atoms with Gasteiger partial charge in [-0.25, -0.2) is 9.97 Å². The lowest BCUT2D eigenvalue weighted by Crippen LogP contribution is -2.48. The van der Waals surface area contributed by atoms with Gasteiger partial charge in [-0.05, 0) is 37.5 Å². The summed E-state index contributed by atoms with van der Waals surface area (Å²) in [5, 5.41) is 2.13. The predicted molar refractivity (Wildman–Crippen MR) is 100 cm³/mol. The van der Waals surface area contributed by atoms with E-state index < -0.39 is 0 Å². The summed E-state index contributed by atoms with van der Waals surface area (Å²) < 4.78 is 0. The highest BCUT2D eigenvalue weighted by Gasteiger charge is 2.26. The molecule has 2 aromatic rings. The number of fused-ring (bicyclic) bond motifs is 3. The van der Waals surface area contributed by atoms with Crippen LogP contribution in [-0.2, 0) is 17.6 Å². The van der Waals surface area contributed by atoms with Gasteiger partial charge in [-0.1, -0.05) is 11.8 Å². The zero-order valence-electron chi connectivity index (χ0n) is 14.2. The lowest BCUT2D eigenvalue weighted by molar-refractivity contribution is -0.129. The van der Waals surface area contributed by atoms with Gasteiger partial charge in [-0.2, -0.15) is 0 Å². The Bertz CT molecular complexity index is 780. The van der Waals surface area contributed by atoms with Crippen molar-refractivity contribution in [2.45, 2.75) is 37.8 Å². The van der Waals surface area contributed by atoms with Crippen LogP contribution in [0, 0.1) is 0 Å². The van der Waals surface area contributed by atoms with Crippen LogP contribution >= 0.6 is 23.1 Å². The molecule has 7 heteroatoms. The number of nitrogens with zero attached hydrogens (tertiary/aromatic N) is 4. The Hall–Kier alpha value is -1.34. The van der Waals surface area contributed by atoms with E-state index in [1.807, 2.05) is 22.5 Å². The summed E-state index contributed by atoms with van der Waals surface area (Å²) in [6.45, 7) is 4.91. The minimum absolute atomic E-state index is 0.167. The molecule has 0 spiro atoms. The molecule has 1 saturated heterocycles. The van der Waals surface area contributed by atoms with E-state index in [2.05, 4.69) is 4.90 Å². The molecule has 0 bridgehead atoms. The second-order valence-electron chi connectivity index (χ2n) is 6.42. The van der Waals surface area contributed by atoms with E-state index in [0.29, 0.717) is 0 Å². The zero-order chi connectivity index (χ0) is 16.7. The Labute approximate surface area is 150 Å². The van der Waals surface area contributed by atoms with E-state index in [1.165, 1.54) is 35.1 Å². The lowest BCUT2D eigenvalue weighted by Gasteiger charge is -2.35. The van der Waals surface area contributed by atoms with Crippen LogP contribution in [-0.4, -0.2) is 53.2 Å². The van der Waals surface area contributed by atoms with E-state index >= 15 is 0 Å². The summed E-state index contributed by atoms with van der Waals surface area (Å²) in [6, 6.07) is 0. The fourth-order valence-corrected chi connectivity index (χ4v) is 5.35. The number of aryl methyl sites for hydroxylation is 2. The number of anilines is 1. The third-order valence-corrected chi connectivity index (χ3v) is 6.72. The Morgan fingerprint density at radius 1 is 1.12 bits per heavy atom. The highest BCUT2D eigenvalue weighted by Crippen LogP contribution is 2.40. The Morgan fingerprint density at radius 3 is 2.58 bits per heavy atom. The first-order chi connectivity index (χ1) is 11.7. The molecule has 0 unspecified atom stereocenters. The molecule has 0 radical (unpaired) electrons. The molecule has 1 fully saturated rings. The smallest absolute Gasteiger partial charge is 0.219 e. The van der Waals surface area contributed by atoms with Gasteiger partial charge in [0.2, 0.25) is 5.91 Å². The van der Waals surface area contributed by atoms with Gasteiger partial charge in [0.15, 0.2) is 5.16 Å². The van der Waals surface area contributed by atoms with Crippen LogP contribution in [0.1, 0.15) is 30.2 Å². The molecule has 24 heavy (non-hydrogen) atoms. The average Bonchev–Trinajstić information content (AvgIpc) is 2.99. The minimum Gasteiger partial charge on any atom is -0.352 e. The van der Waals surface area contributed by atoms with Gasteiger partial charge in [0.25, 0.3) is 0 Å². The molecule has 0 saturated carbocycles. The molecule has 0 atom stereocenters. The lowest BCUT2D eigenvalue weighted by atomic mass is 9.97. The average molecular weight is 363 g/mol. The van der Waals surface area contributed by atoms with E-state index in [1.54, 1.807) is 18.7 Å². The summed E-state index contributed by atoms with van der Waals surface area (Å²) in [7, 11) is 0. The van der Waals surface area contributed by atoms with E-state index in [9.17, 15) is 4.79 Å². The van der Waals surface area contributed by atoms with Crippen LogP contribution in [0.3, 0.4) is 0 Å². The van der Waals surface area contributed by atoms with Crippen LogP contribution in [0.4, 0.5) is 5.82 Å². The van der Waals surface area contributed by atoms with Crippen LogP contribution in [0.5, 0.6) is 0 Å². The number of rotatable bonds is 2. The number of hydrogen-bond donors (Lipinski definition) is 0. The Balaban J connectivity index is 1.76. The topological polar surface area (TPSA) is 49.3 Å². The van der Waals surface area contributed by atoms with Crippen molar-refractivity contribution < 1.29 is 4.79 Å². The van der Waals surface area contributed by atoms with Crippen molar-refractivity contribution in [1.82, 2.24) is 14.9 Å². The maximum atomic E-state index is 11.6. The summed E-state index contributed by atoms with van der Waals surface area (Å²) in [6.07, 6.45) is 6.92. The van der Waals surface area contributed by atoms with Crippen LogP contribution < -0.4 is 4.90 Å². The zero-order valence-corrected chi connectivity index (χ0v) is 15.8. The maximum absolute atomic E-state index is 11.6. The van der Waals surface area contributed by atoms with E-state index in [4.69, 9.17) is 9.97 Å². The number of carbonyl (C=O) groups excluding carboxylic acids is 1. The summed E-state index contributed by atoms with van der Waals surface area (Å²) in [5.74, 6) is 1.26. The first-order valence-electron chi connectivity index (χ1n) is 8.54.